The minimum absolute atomic E-state index is 0.386. The van der Waals surface area contributed by atoms with Crippen LogP contribution < -0.4 is 5.73 Å². The summed E-state index contributed by atoms with van der Waals surface area (Å²) in [6, 6.07) is 12.0. The van der Waals surface area contributed by atoms with E-state index in [2.05, 4.69) is 22.1 Å². The van der Waals surface area contributed by atoms with Gasteiger partial charge in [-0.25, -0.2) is 4.98 Å². The molecule has 2 aromatic heterocycles. The summed E-state index contributed by atoms with van der Waals surface area (Å²) in [5.74, 6) is -0.386. The Morgan fingerprint density at radius 3 is 2.64 bits per heavy atom. The Hall–Kier alpha value is -2.40. The van der Waals surface area contributed by atoms with Crippen molar-refractivity contribution in [3.63, 3.8) is 0 Å². The van der Waals surface area contributed by atoms with Crippen molar-refractivity contribution >= 4 is 17.2 Å². The fourth-order valence-electron chi connectivity index (χ4n) is 2.55. The maximum Gasteiger partial charge on any atom is 0.250 e. The van der Waals surface area contributed by atoms with Gasteiger partial charge in [0.1, 0.15) is 5.01 Å². The van der Waals surface area contributed by atoms with E-state index in [1.807, 2.05) is 38.1 Å². The maximum absolute atomic E-state index is 11.4. The first-order valence-electron chi connectivity index (χ1n) is 7.02. The van der Waals surface area contributed by atoms with E-state index in [4.69, 9.17) is 10.7 Å². The lowest BCUT2D eigenvalue weighted by Crippen LogP contribution is -2.12. The van der Waals surface area contributed by atoms with Crippen LogP contribution in [-0.4, -0.2) is 15.5 Å². The first-order valence-corrected chi connectivity index (χ1v) is 7.90. The molecule has 5 heteroatoms. The molecule has 0 saturated carbocycles. The maximum atomic E-state index is 11.4. The Labute approximate surface area is 133 Å². The topological polar surface area (TPSA) is 60.9 Å². The second kappa shape index (κ2) is 5.77. The van der Waals surface area contributed by atoms with E-state index >= 15 is 0 Å². The van der Waals surface area contributed by atoms with Crippen LogP contribution >= 0.6 is 11.3 Å². The first kappa shape index (κ1) is 14.5. The Balaban J connectivity index is 1.89. The number of nitrogens with two attached hydrogens (primary N) is 1. The average molecular weight is 311 g/mol. The molecule has 1 amide bonds. The second-order valence-corrected chi connectivity index (χ2v) is 6.10. The van der Waals surface area contributed by atoms with Crippen molar-refractivity contribution in [2.24, 2.45) is 5.73 Å². The number of rotatable bonds is 4. The lowest BCUT2D eigenvalue weighted by atomic mass is 10.2. The Bertz CT molecular complexity index is 818. The van der Waals surface area contributed by atoms with Crippen molar-refractivity contribution in [1.82, 2.24) is 9.55 Å². The molecular formula is C17H17N3OS. The summed E-state index contributed by atoms with van der Waals surface area (Å²) in [5, 5.41) is 3.07. The Morgan fingerprint density at radius 1 is 1.27 bits per heavy atom. The molecule has 22 heavy (non-hydrogen) atoms. The number of aryl methyl sites for hydroxylation is 1. The monoisotopic (exact) mass is 311 g/mol. The van der Waals surface area contributed by atoms with Crippen LogP contribution in [0.4, 0.5) is 0 Å². The SMILES string of the molecule is Cc1cc(C(N)=O)c(C)n1Cc1csc(-c2ccccc2)n1. The van der Waals surface area contributed by atoms with Crippen molar-refractivity contribution in [2.75, 3.05) is 0 Å². The zero-order chi connectivity index (χ0) is 15.7. The summed E-state index contributed by atoms with van der Waals surface area (Å²) >= 11 is 1.63. The molecule has 0 radical (unpaired) electrons. The predicted molar refractivity (Wildman–Crippen MR) is 89.1 cm³/mol. The van der Waals surface area contributed by atoms with Crippen LogP contribution in [-0.2, 0) is 6.54 Å². The van der Waals surface area contributed by atoms with Gasteiger partial charge in [0, 0.05) is 22.3 Å². The molecule has 0 saturated heterocycles. The molecule has 3 rings (SSSR count). The molecule has 0 spiro atoms. The van der Waals surface area contributed by atoms with Crippen molar-refractivity contribution in [1.29, 1.82) is 0 Å². The van der Waals surface area contributed by atoms with Crippen LogP contribution in [0.15, 0.2) is 41.8 Å². The third kappa shape index (κ3) is 2.67. The molecule has 0 bridgehead atoms. The number of primary amides is 1. The van der Waals surface area contributed by atoms with Gasteiger partial charge < -0.3 is 10.3 Å². The molecule has 2 N–H and O–H groups in total. The van der Waals surface area contributed by atoms with Crippen molar-refractivity contribution in [3.8, 4) is 10.6 Å². The van der Waals surface area contributed by atoms with Gasteiger partial charge in [0.2, 0.25) is 0 Å². The van der Waals surface area contributed by atoms with Crippen molar-refractivity contribution in [3.05, 3.63) is 64.4 Å². The number of carbonyl (C=O) groups excluding carboxylic acids is 1. The molecule has 0 fully saturated rings. The summed E-state index contributed by atoms with van der Waals surface area (Å²) in [5.41, 5.74) is 10.00. The van der Waals surface area contributed by atoms with Crippen LogP contribution in [0.2, 0.25) is 0 Å². The number of hydrogen-bond acceptors (Lipinski definition) is 3. The van der Waals surface area contributed by atoms with E-state index < -0.39 is 0 Å². The van der Waals surface area contributed by atoms with E-state index in [0.29, 0.717) is 12.1 Å². The van der Waals surface area contributed by atoms with Crippen molar-refractivity contribution < 1.29 is 4.79 Å². The molecule has 0 atom stereocenters. The lowest BCUT2D eigenvalue weighted by Gasteiger charge is -2.07. The number of nitrogens with zero attached hydrogens (tertiary/aromatic N) is 2. The van der Waals surface area contributed by atoms with Gasteiger partial charge in [-0.2, -0.15) is 0 Å². The molecular weight excluding hydrogens is 294 g/mol. The highest BCUT2D eigenvalue weighted by atomic mass is 32.1. The van der Waals surface area contributed by atoms with E-state index in [1.54, 1.807) is 11.3 Å². The van der Waals surface area contributed by atoms with Gasteiger partial charge in [-0.1, -0.05) is 30.3 Å². The summed E-state index contributed by atoms with van der Waals surface area (Å²) in [6.45, 7) is 4.54. The highest BCUT2D eigenvalue weighted by molar-refractivity contribution is 7.13. The number of thiazole rings is 1. The quantitative estimate of drug-likeness (QED) is 0.803. The standard InChI is InChI=1S/C17H17N3OS/c1-11-8-15(16(18)21)12(2)20(11)9-14-10-22-17(19-14)13-6-4-3-5-7-13/h3-8,10H,9H2,1-2H3,(H2,18,21). The molecule has 0 aliphatic carbocycles. The third-order valence-electron chi connectivity index (χ3n) is 3.73. The molecule has 0 aliphatic heterocycles. The molecule has 0 unspecified atom stereocenters. The summed E-state index contributed by atoms with van der Waals surface area (Å²) in [6.07, 6.45) is 0. The molecule has 112 valence electrons. The Kier molecular flexibility index (Phi) is 3.81. The second-order valence-electron chi connectivity index (χ2n) is 5.25. The van der Waals surface area contributed by atoms with Crippen LogP contribution in [0.3, 0.4) is 0 Å². The van der Waals surface area contributed by atoms with E-state index in [-0.39, 0.29) is 5.91 Å². The van der Waals surface area contributed by atoms with Gasteiger partial charge in [0.15, 0.2) is 0 Å². The predicted octanol–water partition coefficient (Wildman–Crippen LogP) is 3.38. The number of hydrogen-bond donors (Lipinski definition) is 1. The van der Waals surface area contributed by atoms with Gasteiger partial charge in [-0.15, -0.1) is 11.3 Å². The van der Waals surface area contributed by atoms with Gasteiger partial charge in [-0.05, 0) is 19.9 Å². The molecule has 2 heterocycles. The first-order chi connectivity index (χ1) is 10.6. The average Bonchev–Trinajstić information content (AvgIpc) is 3.08. The number of carbonyl (C=O) groups is 1. The van der Waals surface area contributed by atoms with Gasteiger partial charge in [-0.3, -0.25) is 4.79 Å². The number of amides is 1. The third-order valence-corrected chi connectivity index (χ3v) is 4.67. The largest absolute Gasteiger partial charge is 0.366 e. The molecule has 4 nitrogen and oxygen atoms in total. The fraction of sp³-hybridized carbons (Fsp3) is 0.176. The van der Waals surface area contributed by atoms with Gasteiger partial charge in [0.25, 0.3) is 5.91 Å². The van der Waals surface area contributed by atoms with Crippen LogP contribution in [0.1, 0.15) is 27.4 Å². The zero-order valence-electron chi connectivity index (χ0n) is 12.5. The minimum atomic E-state index is -0.386. The zero-order valence-corrected chi connectivity index (χ0v) is 13.4. The normalized spacial score (nSPS) is 10.8. The molecule has 3 aromatic rings. The van der Waals surface area contributed by atoms with Crippen LogP contribution in [0.5, 0.6) is 0 Å². The molecule has 0 aliphatic rings. The lowest BCUT2D eigenvalue weighted by molar-refractivity contribution is 0.0999. The van der Waals surface area contributed by atoms with Crippen LogP contribution in [0, 0.1) is 13.8 Å². The fourth-order valence-corrected chi connectivity index (χ4v) is 3.37. The summed E-state index contributed by atoms with van der Waals surface area (Å²) < 4.78 is 2.07. The smallest absolute Gasteiger partial charge is 0.250 e. The van der Waals surface area contributed by atoms with Gasteiger partial charge in [0.05, 0.1) is 17.8 Å². The van der Waals surface area contributed by atoms with Crippen LogP contribution in [0.25, 0.3) is 10.6 Å². The number of benzene rings is 1. The van der Waals surface area contributed by atoms with E-state index in [9.17, 15) is 4.79 Å². The molecule has 1 aromatic carbocycles. The highest BCUT2D eigenvalue weighted by Gasteiger charge is 2.14. The Morgan fingerprint density at radius 2 is 2.00 bits per heavy atom. The summed E-state index contributed by atoms with van der Waals surface area (Å²) in [4.78, 5) is 16.1. The number of aromatic nitrogens is 2. The van der Waals surface area contributed by atoms with E-state index in [1.165, 1.54) is 0 Å². The van der Waals surface area contributed by atoms with Crippen molar-refractivity contribution in [2.45, 2.75) is 20.4 Å². The van der Waals surface area contributed by atoms with E-state index in [0.717, 1.165) is 27.7 Å². The van der Waals surface area contributed by atoms with Gasteiger partial charge >= 0.3 is 0 Å². The summed E-state index contributed by atoms with van der Waals surface area (Å²) in [7, 11) is 0. The highest BCUT2D eigenvalue weighted by Crippen LogP contribution is 2.24. The minimum Gasteiger partial charge on any atom is -0.366 e.